The van der Waals surface area contributed by atoms with Crippen LogP contribution in [-0.4, -0.2) is 4.98 Å². The summed E-state index contributed by atoms with van der Waals surface area (Å²) < 4.78 is 0. The number of unbranched alkanes of at least 4 members (excludes halogenated alkanes) is 1. The van der Waals surface area contributed by atoms with Gasteiger partial charge in [0.1, 0.15) is 0 Å². The first-order chi connectivity index (χ1) is 8.72. The van der Waals surface area contributed by atoms with Gasteiger partial charge in [0.25, 0.3) is 0 Å². The minimum absolute atomic E-state index is 0.126. The molecule has 1 aromatic heterocycles. The van der Waals surface area contributed by atoms with Crippen LogP contribution >= 0.6 is 0 Å². The van der Waals surface area contributed by atoms with Crippen LogP contribution in [0.3, 0.4) is 0 Å². The summed E-state index contributed by atoms with van der Waals surface area (Å²) in [6.45, 7) is 4.47. The summed E-state index contributed by atoms with van der Waals surface area (Å²) in [4.78, 5) is 4.34. The quantitative estimate of drug-likeness (QED) is 0.858. The molecule has 1 aromatic carbocycles. The Bertz CT molecular complexity index is 507. The van der Waals surface area contributed by atoms with Gasteiger partial charge in [-0.2, -0.15) is 0 Å². The van der Waals surface area contributed by atoms with Gasteiger partial charge in [0.2, 0.25) is 0 Å². The van der Waals surface area contributed by atoms with E-state index in [0.717, 1.165) is 5.52 Å². The van der Waals surface area contributed by atoms with Gasteiger partial charge in [0.15, 0.2) is 0 Å². The highest BCUT2D eigenvalue weighted by atomic mass is 14.7. The average Bonchev–Trinajstić information content (AvgIpc) is 2.43. The molecule has 0 amide bonds. The standard InChI is InChI=1S/C16H22N2/c1-3-4-6-12(2)16(17)14-8-9-15-13(11-14)7-5-10-18-15/h5,7-12,16H,3-4,6,17H2,1-2H3. The lowest BCUT2D eigenvalue weighted by molar-refractivity contribution is 0.423. The molecule has 0 fully saturated rings. The van der Waals surface area contributed by atoms with Gasteiger partial charge in [-0.15, -0.1) is 0 Å². The molecule has 1 heterocycles. The second-order valence-electron chi connectivity index (χ2n) is 5.10. The fraction of sp³-hybridized carbons (Fsp3) is 0.438. The predicted molar refractivity (Wildman–Crippen MR) is 77.4 cm³/mol. The molecule has 0 aliphatic rings. The zero-order chi connectivity index (χ0) is 13.0. The van der Waals surface area contributed by atoms with Gasteiger partial charge < -0.3 is 5.73 Å². The van der Waals surface area contributed by atoms with E-state index in [9.17, 15) is 0 Å². The molecule has 18 heavy (non-hydrogen) atoms. The maximum atomic E-state index is 6.35. The molecule has 96 valence electrons. The molecule has 2 aromatic rings. The first-order valence-corrected chi connectivity index (χ1v) is 6.82. The van der Waals surface area contributed by atoms with Crippen molar-refractivity contribution in [3.8, 4) is 0 Å². The van der Waals surface area contributed by atoms with Gasteiger partial charge in [-0.05, 0) is 36.1 Å². The average molecular weight is 242 g/mol. The highest BCUT2D eigenvalue weighted by molar-refractivity contribution is 5.79. The Morgan fingerprint density at radius 3 is 2.89 bits per heavy atom. The van der Waals surface area contributed by atoms with E-state index in [0.29, 0.717) is 5.92 Å². The van der Waals surface area contributed by atoms with E-state index in [1.165, 1.54) is 30.2 Å². The third-order valence-electron chi connectivity index (χ3n) is 3.64. The Hall–Kier alpha value is -1.41. The molecule has 2 nitrogen and oxygen atoms in total. The predicted octanol–water partition coefficient (Wildman–Crippen LogP) is 4.06. The molecule has 2 atom stereocenters. The third-order valence-corrected chi connectivity index (χ3v) is 3.64. The fourth-order valence-electron chi connectivity index (χ4n) is 2.34. The smallest absolute Gasteiger partial charge is 0.0702 e. The highest BCUT2D eigenvalue weighted by Crippen LogP contribution is 2.25. The van der Waals surface area contributed by atoms with Crippen molar-refractivity contribution < 1.29 is 0 Å². The number of hydrogen-bond acceptors (Lipinski definition) is 2. The molecular formula is C16H22N2. The molecule has 0 bridgehead atoms. The zero-order valence-corrected chi connectivity index (χ0v) is 11.3. The summed E-state index contributed by atoms with van der Waals surface area (Å²) in [5.74, 6) is 0.527. The molecule has 0 aliphatic heterocycles. The van der Waals surface area contributed by atoms with Crippen molar-refractivity contribution >= 4 is 10.9 Å². The van der Waals surface area contributed by atoms with Crippen LogP contribution in [-0.2, 0) is 0 Å². The van der Waals surface area contributed by atoms with Gasteiger partial charge >= 0.3 is 0 Å². The molecule has 0 saturated carbocycles. The molecule has 2 N–H and O–H groups in total. The van der Waals surface area contributed by atoms with E-state index in [1.807, 2.05) is 12.3 Å². The molecule has 0 spiro atoms. The first kappa shape index (κ1) is 13.0. The van der Waals surface area contributed by atoms with Crippen molar-refractivity contribution in [1.82, 2.24) is 4.98 Å². The number of pyridine rings is 1. The van der Waals surface area contributed by atoms with Gasteiger partial charge in [-0.25, -0.2) is 0 Å². The normalized spacial score (nSPS) is 14.6. The molecule has 0 aliphatic carbocycles. The van der Waals surface area contributed by atoms with Crippen molar-refractivity contribution in [2.75, 3.05) is 0 Å². The minimum Gasteiger partial charge on any atom is -0.324 e. The molecular weight excluding hydrogens is 220 g/mol. The molecule has 0 radical (unpaired) electrons. The number of benzene rings is 1. The lowest BCUT2D eigenvalue weighted by Gasteiger charge is -2.20. The molecule has 2 heteroatoms. The Morgan fingerprint density at radius 1 is 1.28 bits per heavy atom. The number of aromatic nitrogens is 1. The van der Waals surface area contributed by atoms with Crippen molar-refractivity contribution in [2.24, 2.45) is 11.7 Å². The van der Waals surface area contributed by atoms with E-state index < -0.39 is 0 Å². The number of fused-ring (bicyclic) bond motifs is 1. The van der Waals surface area contributed by atoms with E-state index in [4.69, 9.17) is 5.73 Å². The van der Waals surface area contributed by atoms with Gasteiger partial charge in [-0.3, -0.25) is 4.98 Å². The number of rotatable bonds is 5. The van der Waals surface area contributed by atoms with Crippen LogP contribution in [0.5, 0.6) is 0 Å². The summed E-state index contributed by atoms with van der Waals surface area (Å²) in [5.41, 5.74) is 8.61. The van der Waals surface area contributed by atoms with Crippen LogP contribution in [0.15, 0.2) is 36.5 Å². The lowest BCUT2D eigenvalue weighted by atomic mass is 9.90. The summed E-state index contributed by atoms with van der Waals surface area (Å²) in [6, 6.07) is 10.5. The second kappa shape index (κ2) is 5.96. The third kappa shape index (κ3) is 2.88. The van der Waals surface area contributed by atoms with E-state index >= 15 is 0 Å². The molecule has 2 rings (SSSR count). The SMILES string of the molecule is CCCCC(C)C(N)c1ccc2ncccc2c1. The zero-order valence-electron chi connectivity index (χ0n) is 11.3. The van der Waals surface area contributed by atoms with E-state index in [2.05, 4.69) is 43.1 Å². The van der Waals surface area contributed by atoms with Crippen molar-refractivity contribution in [1.29, 1.82) is 0 Å². The second-order valence-corrected chi connectivity index (χ2v) is 5.10. The van der Waals surface area contributed by atoms with Crippen LogP contribution in [0, 0.1) is 5.92 Å². The highest BCUT2D eigenvalue weighted by Gasteiger charge is 2.14. The van der Waals surface area contributed by atoms with Crippen LogP contribution in [0.2, 0.25) is 0 Å². The van der Waals surface area contributed by atoms with Gasteiger partial charge in [-0.1, -0.05) is 38.8 Å². The van der Waals surface area contributed by atoms with Crippen molar-refractivity contribution in [3.63, 3.8) is 0 Å². The Labute approximate surface area is 109 Å². The van der Waals surface area contributed by atoms with Crippen LogP contribution in [0.4, 0.5) is 0 Å². The number of nitrogens with two attached hydrogens (primary N) is 1. The van der Waals surface area contributed by atoms with Gasteiger partial charge in [0.05, 0.1) is 5.52 Å². The van der Waals surface area contributed by atoms with Gasteiger partial charge in [0, 0.05) is 17.6 Å². The Morgan fingerprint density at radius 2 is 2.11 bits per heavy atom. The molecule has 2 unspecified atom stereocenters. The number of hydrogen-bond donors (Lipinski definition) is 1. The monoisotopic (exact) mass is 242 g/mol. The fourth-order valence-corrected chi connectivity index (χ4v) is 2.34. The Kier molecular flexibility index (Phi) is 4.32. The summed E-state index contributed by atoms with van der Waals surface area (Å²) in [6.07, 6.45) is 5.51. The van der Waals surface area contributed by atoms with E-state index in [1.54, 1.807) is 0 Å². The van der Waals surface area contributed by atoms with Crippen LogP contribution in [0.25, 0.3) is 10.9 Å². The van der Waals surface area contributed by atoms with Crippen LogP contribution in [0.1, 0.15) is 44.7 Å². The van der Waals surface area contributed by atoms with Crippen LogP contribution < -0.4 is 5.73 Å². The van der Waals surface area contributed by atoms with Crippen molar-refractivity contribution in [2.45, 2.75) is 39.2 Å². The summed E-state index contributed by atoms with van der Waals surface area (Å²) >= 11 is 0. The minimum atomic E-state index is 0.126. The van der Waals surface area contributed by atoms with Crippen molar-refractivity contribution in [3.05, 3.63) is 42.1 Å². The number of nitrogens with zero attached hydrogens (tertiary/aromatic N) is 1. The summed E-state index contributed by atoms with van der Waals surface area (Å²) in [5, 5.41) is 1.17. The maximum Gasteiger partial charge on any atom is 0.0702 e. The largest absolute Gasteiger partial charge is 0.324 e. The topological polar surface area (TPSA) is 38.9 Å². The van der Waals surface area contributed by atoms with E-state index in [-0.39, 0.29) is 6.04 Å². The Balaban J connectivity index is 2.19. The maximum absolute atomic E-state index is 6.35. The first-order valence-electron chi connectivity index (χ1n) is 6.82. The summed E-state index contributed by atoms with van der Waals surface area (Å²) in [7, 11) is 0. The lowest BCUT2D eigenvalue weighted by Crippen LogP contribution is -2.19. The molecule has 0 saturated heterocycles.